The first-order valence-electron chi connectivity index (χ1n) is 11.0. The van der Waals surface area contributed by atoms with Crippen LogP contribution in [0.5, 0.6) is 0 Å². The molecule has 0 unspecified atom stereocenters. The van der Waals surface area contributed by atoms with Crippen molar-refractivity contribution < 1.29 is 0 Å². The van der Waals surface area contributed by atoms with E-state index in [4.69, 9.17) is 4.98 Å². The van der Waals surface area contributed by atoms with E-state index in [1.807, 2.05) is 31.3 Å². The van der Waals surface area contributed by atoms with Gasteiger partial charge in [-0.1, -0.05) is 62.4 Å². The van der Waals surface area contributed by atoms with E-state index in [1.165, 1.54) is 11.1 Å². The van der Waals surface area contributed by atoms with Gasteiger partial charge in [-0.2, -0.15) is 0 Å². The number of rotatable bonds is 6. The molecule has 0 amide bonds. The van der Waals surface area contributed by atoms with E-state index in [1.54, 1.807) is 0 Å². The van der Waals surface area contributed by atoms with E-state index >= 15 is 0 Å². The SMILES string of the molecule is Cc1cc(NCc2ccc(-c3ccccc3-c3nnn[nH]3)cc2)c2nccc(C(C)C)c2n1. The molecule has 7 heteroatoms. The summed E-state index contributed by atoms with van der Waals surface area (Å²) in [7, 11) is 0. The molecule has 5 rings (SSSR count). The van der Waals surface area contributed by atoms with E-state index in [-0.39, 0.29) is 0 Å². The Bertz CT molecular complexity index is 1390. The Morgan fingerprint density at radius 3 is 2.45 bits per heavy atom. The molecule has 0 saturated carbocycles. The van der Waals surface area contributed by atoms with Crippen LogP contribution in [0, 0.1) is 6.92 Å². The Hall–Kier alpha value is -4.13. The third-order valence-corrected chi connectivity index (χ3v) is 5.75. The average molecular weight is 436 g/mol. The number of fused-ring (bicyclic) bond motifs is 1. The molecule has 3 heterocycles. The first-order chi connectivity index (χ1) is 16.1. The van der Waals surface area contributed by atoms with Crippen molar-refractivity contribution in [1.29, 1.82) is 0 Å². The molecule has 2 N–H and O–H groups in total. The second-order valence-electron chi connectivity index (χ2n) is 8.41. The van der Waals surface area contributed by atoms with Crippen molar-refractivity contribution in [2.45, 2.75) is 33.2 Å². The van der Waals surface area contributed by atoms with Crippen LogP contribution in [0.1, 0.15) is 36.6 Å². The van der Waals surface area contributed by atoms with Crippen molar-refractivity contribution >= 4 is 16.7 Å². The second kappa shape index (κ2) is 8.78. The van der Waals surface area contributed by atoms with E-state index in [0.717, 1.165) is 39.1 Å². The molecule has 0 radical (unpaired) electrons. The van der Waals surface area contributed by atoms with Gasteiger partial charge in [0.1, 0.15) is 5.52 Å². The zero-order chi connectivity index (χ0) is 22.8. The fourth-order valence-electron chi connectivity index (χ4n) is 4.08. The molecule has 164 valence electrons. The number of tetrazole rings is 1. The summed E-state index contributed by atoms with van der Waals surface area (Å²) in [6.45, 7) is 7.09. The number of pyridine rings is 2. The molecule has 0 aliphatic carbocycles. The van der Waals surface area contributed by atoms with Crippen LogP contribution in [-0.4, -0.2) is 30.6 Å². The minimum Gasteiger partial charge on any atom is -0.379 e. The average Bonchev–Trinajstić information content (AvgIpc) is 3.37. The van der Waals surface area contributed by atoms with Gasteiger partial charge in [-0.25, -0.2) is 5.10 Å². The molecule has 7 nitrogen and oxygen atoms in total. The molecule has 3 aromatic heterocycles. The number of H-pyrrole nitrogens is 1. The van der Waals surface area contributed by atoms with Gasteiger partial charge in [0, 0.05) is 24.0 Å². The van der Waals surface area contributed by atoms with E-state index in [2.05, 4.69) is 87.2 Å². The van der Waals surface area contributed by atoms with Gasteiger partial charge in [-0.3, -0.25) is 9.97 Å². The first-order valence-corrected chi connectivity index (χ1v) is 11.0. The van der Waals surface area contributed by atoms with Gasteiger partial charge < -0.3 is 5.32 Å². The number of nitrogens with one attached hydrogen (secondary N) is 2. The highest BCUT2D eigenvalue weighted by Crippen LogP contribution is 2.31. The highest BCUT2D eigenvalue weighted by atomic mass is 15.5. The molecular formula is C26H25N7. The van der Waals surface area contributed by atoms with Crippen LogP contribution >= 0.6 is 0 Å². The Balaban J connectivity index is 1.40. The van der Waals surface area contributed by atoms with Crippen LogP contribution in [0.3, 0.4) is 0 Å². The molecule has 33 heavy (non-hydrogen) atoms. The predicted molar refractivity (Wildman–Crippen MR) is 131 cm³/mol. The summed E-state index contributed by atoms with van der Waals surface area (Å²) in [6.07, 6.45) is 1.87. The van der Waals surface area contributed by atoms with Crippen molar-refractivity contribution in [2.24, 2.45) is 0 Å². The third kappa shape index (κ3) is 4.17. The number of hydrogen-bond acceptors (Lipinski definition) is 6. The highest BCUT2D eigenvalue weighted by Gasteiger charge is 2.12. The largest absolute Gasteiger partial charge is 0.379 e. The lowest BCUT2D eigenvalue weighted by Gasteiger charge is -2.14. The van der Waals surface area contributed by atoms with Crippen molar-refractivity contribution in [1.82, 2.24) is 30.6 Å². The van der Waals surface area contributed by atoms with Crippen LogP contribution in [0.15, 0.2) is 66.9 Å². The molecule has 0 spiro atoms. The van der Waals surface area contributed by atoms with Crippen molar-refractivity contribution in [2.75, 3.05) is 5.32 Å². The van der Waals surface area contributed by atoms with Gasteiger partial charge in [-0.05, 0) is 57.7 Å². The molecule has 0 aliphatic heterocycles. The topological polar surface area (TPSA) is 92.3 Å². The van der Waals surface area contributed by atoms with Crippen molar-refractivity contribution in [3.8, 4) is 22.5 Å². The quantitative estimate of drug-likeness (QED) is 0.365. The van der Waals surface area contributed by atoms with Gasteiger partial charge in [0.25, 0.3) is 0 Å². The first kappa shape index (κ1) is 20.8. The summed E-state index contributed by atoms with van der Waals surface area (Å²) >= 11 is 0. The fourth-order valence-corrected chi connectivity index (χ4v) is 4.08. The lowest BCUT2D eigenvalue weighted by atomic mass is 9.98. The van der Waals surface area contributed by atoms with Crippen molar-refractivity contribution in [3.63, 3.8) is 0 Å². The molecule has 0 aliphatic rings. The normalized spacial score (nSPS) is 11.3. The van der Waals surface area contributed by atoms with E-state index in [0.29, 0.717) is 18.3 Å². The van der Waals surface area contributed by atoms with Crippen LogP contribution in [0.2, 0.25) is 0 Å². The minimum atomic E-state index is 0.390. The van der Waals surface area contributed by atoms with Gasteiger partial charge in [-0.15, -0.1) is 5.10 Å². The van der Waals surface area contributed by atoms with Gasteiger partial charge in [0.05, 0.1) is 11.2 Å². The van der Waals surface area contributed by atoms with Crippen molar-refractivity contribution in [3.05, 3.63) is 83.7 Å². The molecule has 0 bridgehead atoms. The zero-order valence-electron chi connectivity index (χ0n) is 18.9. The van der Waals surface area contributed by atoms with E-state index in [9.17, 15) is 0 Å². The van der Waals surface area contributed by atoms with Crippen LogP contribution < -0.4 is 5.32 Å². The number of benzene rings is 2. The number of nitrogens with zero attached hydrogens (tertiary/aromatic N) is 5. The molecule has 5 aromatic rings. The number of anilines is 1. The van der Waals surface area contributed by atoms with Crippen LogP contribution in [0.25, 0.3) is 33.5 Å². The summed E-state index contributed by atoms with van der Waals surface area (Å²) in [5.41, 5.74) is 9.44. The number of aromatic amines is 1. The van der Waals surface area contributed by atoms with Crippen LogP contribution in [-0.2, 0) is 6.54 Å². The molecule has 0 saturated heterocycles. The second-order valence-corrected chi connectivity index (χ2v) is 8.41. The Labute approximate surface area is 192 Å². The lowest BCUT2D eigenvalue weighted by molar-refractivity contribution is 0.869. The van der Waals surface area contributed by atoms with E-state index < -0.39 is 0 Å². The number of aromatic nitrogens is 6. The zero-order valence-corrected chi connectivity index (χ0v) is 18.9. The molecule has 0 atom stereocenters. The minimum absolute atomic E-state index is 0.390. The number of hydrogen-bond donors (Lipinski definition) is 2. The molecular weight excluding hydrogens is 410 g/mol. The monoisotopic (exact) mass is 435 g/mol. The van der Waals surface area contributed by atoms with Crippen LogP contribution in [0.4, 0.5) is 5.69 Å². The highest BCUT2D eigenvalue weighted by molar-refractivity contribution is 5.90. The molecule has 0 fully saturated rings. The van der Waals surface area contributed by atoms with Gasteiger partial charge >= 0.3 is 0 Å². The summed E-state index contributed by atoms with van der Waals surface area (Å²) in [4.78, 5) is 9.39. The predicted octanol–water partition coefficient (Wildman–Crippen LogP) is 5.52. The summed E-state index contributed by atoms with van der Waals surface area (Å²) in [5.74, 6) is 1.05. The Kier molecular flexibility index (Phi) is 5.52. The summed E-state index contributed by atoms with van der Waals surface area (Å²) < 4.78 is 0. The smallest absolute Gasteiger partial charge is 0.180 e. The summed E-state index contributed by atoms with van der Waals surface area (Å²) in [6, 6.07) is 20.8. The summed E-state index contributed by atoms with van der Waals surface area (Å²) in [5, 5.41) is 17.9. The maximum atomic E-state index is 4.77. The Morgan fingerprint density at radius 1 is 0.939 bits per heavy atom. The fraction of sp³-hybridized carbons (Fsp3) is 0.192. The van der Waals surface area contributed by atoms with Gasteiger partial charge in [0.2, 0.25) is 0 Å². The molecule has 2 aromatic carbocycles. The lowest BCUT2D eigenvalue weighted by Crippen LogP contribution is -2.04. The van der Waals surface area contributed by atoms with Gasteiger partial charge in [0.15, 0.2) is 5.82 Å². The Morgan fingerprint density at radius 2 is 1.73 bits per heavy atom. The maximum absolute atomic E-state index is 4.77. The number of aryl methyl sites for hydroxylation is 1. The standard InChI is InChI=1S/C26H25N7/c1-16(2)20-12-13-27-25-23(14-17(3)29-24(20)25)28-15-18-8-10-19(11-9-18)21-6-4-5-7-22(21)26-30-32-33-31-26/h4-14,16H,15H2,1-3H3,(H,28,29)(H,30,31,32,33). The third-order valence-electron chi connectivity index (χ3n) is 5.75. The maximum Gasteiger partial charge on any atom is 0.180 e.